The second-order valence-corrected chi connectivity index (χ2v) is 8.50. The van der Waals surface area contributed by atoms with Gasteiger partial charge in [0.25, 0.3) is 0 Å². The van der Waals surface area contributed by atoms with Crippen molar-refractivity contribution in [2.45, 2.75) is 45.7 Å². The van der Waals surface area contributed by atoms with E-state index in [9.17, 15) is 4.79 Å². The third-order valence-electron chi connectivity index (χ3n) is 6.32. The molecule has 0 amide bonds. The molecule has 3 nitrogen and oxygen atoms in total. The lowest BCUT2D eigenvalue weighted by Gasteiger charge is -2.66. The number of hydrogen-bond acceptors (Lipinski definition) is 3. The molecule has 24 heavy (non-hydrogen) atoms. The maximum Gasteiger partial charge on any atom is 0.150 e. The van der Waals surface area contributed by atoms with Crippen LogP contribution < -0.4 is 0 Å². The van der Waals surface area contributed by atoms with Gasteiger partial charge in [-0.3, -0.25) is 14.6 Å². The van der Waals surface area contributed by atoms with Gasteiger partial charge in [0.1, 0.15) is 5.78 Å². The molecule has 1 aromatic rings. The largest absolute Gasteiger partial charge is 0.298 e. The second-order valence-electron chi connectivity index (χ2n) is 8.09. The van der Waals surface area contributed by atoms with E-state index >= 15 is 0 Å². The lowest BCUT2D eigenvalue weighted by molar-refractivity contribution is -0.205. The van der Waals surface area contributed by atoms with Crippen LogP contribution in [-0.2, 0) is 4.79 Å². The van der Waals surface area contributed by atoms with E-state index in [1.165, 1.54) is 5.56 Å². The van der Waals surface area contributed by atoms with Crippen LogP contribution in [0.4, 0.5) is 0 Å². The van der Waals surface area contributed by atoms with Crippen LogP contribution in [0.1, 0.15) is 51.3 Å². The minimum atomic E-state index is -0.155. The molecule has 4 heteroatoms. The lowest BCUT2D eigenvalue weighted by Crippen LogP contribution is -2.76. The molecule has 0 N–H and O–H groups in total. The van der Waals surface area contributed by atoms with Gasteiger partial charge in [-0.05, 0) is 18.9 Å². The quantitative estimate of drug-likeness (QED) is 0.801. The minimum Gasteiger partial charge on any atom is -0.298 e. The zero-order valence-corrected chi connectivity index (χ0v) is 15.5. The molecule has 0 atom stereocenters. The third-order valence-corrected chi connectivity index (χ3v) is 6.66. The van der Waals surface area contributed by atoms with Gasteiger partial charge in [0.15, 0.2) is 0 Å². The monoisotopic (exact) mass is 346 g/mol. The van der Waals surface area contributed by atoms with E-state index in [-0.39, 0.29) is 17.0 Å². The number of piperidine rings is 2. The molecule has 4 saturated heterocycles. The number of hydrogen-bond donors (Lipinski definition) is 0. The Balaban J connectivity index is 1.75. The van der Waals surface area contributed by atoms with Crippen molar-refractivity contribution in [3.05, 3.63) is 34.9 Å². The van der Waals surface area contributed by atoms with Crippen LogP contribution in [0.5, 0.6) is 0 Å². The summed E-state index contributed by atoms with van der Waals surface area (Å²) in [5.74, 6) is 0.559. The Kier molecular flexibility index (Phi) is 4.02. The number of carbonyl (C=O) groups excluding carboxylic acids is 1. The van der Waals surface area contributed by atoms with E-state index in [1.54, 1.807) is 0 Å². The number of rotatable bonds is 5. The molecule has 4 aliphatic heterocycles. The fourth-order valence-electron chi connectivity index (χ4n) is 5.77. The van der Waals surface area contributed by atoms with E-state index in [1.807, 2.05) is 12.1 Å². The van der Waals surface area contributed by atoms with Crippen molar-refractivity contribution in [1.29, 1.82) is 0 Å². The van der Waals surface area contributed by atoms with Gasteiger partial charge in [0, 0.05) is 36.8 Å². The summed E-state index contributed by atoms with van der Waals surface area (Å²) in [6, 6.07) is 8.20. The van der Waals surface area contributed by atoms with Gasteiger partial charge >= 0.3 is 0 Å². The maximum atomic E-state index is 13.4. The molecule has 0 saturated carbocycles. The highest BCUT2D eigenvalue weighted by atomic mass is 35.5. The molecule has 0 unspecified atom stereocenters. The van der Waals surface area contributed by atoms with Gasteiger partial charge in [-0.1, -0.05) is 56.5 Å². The van der Waals surface area contributed by atoms with Crippen molar-refractivity contribution in [3.8, 4) is 0 Å². The van der Waals surface area contributed by atoms with E-state index in [0.717, 1.165) is 56.9 Å². The highest BCUT2D eigenvalue weighted by Gasteiger charge is 2.64. The number of nitrogens with zero attached hydrogens (tertiary/aromatic N) is 2. The SMILES string of the molecule is CCCC12CN3CC(CCC)(CN(C1)C3c1ccccc1Cl)C2=O. The van der Waals surface area contributed by atoms with Gasteiger partial charge in [-0.2, -0.15) is 0 Å². The minimum absolute atomic E-state index is 0.155. The van der Waals surface area contributed by atoms with Crippen molar-refractivity contribution >= 4 is 17.4 Å². The molecule has 4 aliphatic rings. The molecule has 5 rings (SSSR count). The van der Waals surface area contributed by atoms with Crippen LogP contribution in [0.25, 0.3) is 0 Å². The van der Waals surface area contributed by atoms with Gasteiger partial charge < -0.3 is 0 Å². The summed E-state index contributed by atoms with van der Waals surface area (Å²) in [5, 5.41) is 0.843. The average molecular weight is 347 g/mol. The number of carbonyl (C=O) groups is 1. The Morgan fingerprint density at radius 2 is 1.50 bits per heavy atom. The molecule has 0 aliphatic carbocycles. The Morgan fingerprint density at radius 3 is 1.96 bits per heavy atom. The first-order chi connectivity index (χ1) is 11.6. The van der Waals surface area contributed by atoms with Crippen LogP contribution in [0.2, 0.25) is 5.02 Å². The molecule has 130 valence electrons. The van der Waals surface area contributed by atoms with E-state index in [4.69, 9.17) is 11.6 Å². The Bertz CT molecular complexity index is 615. The summed E-state index contributed by atoms with van der Waals surface area (Å²) in [4.78, 5) is 18.5. The first-order valence-corrected chi connectivity index (χ1v) is 9.70. The summed E-state index contributed by atoms with van der Waals surface area (Å²) in [5.41, 5.74) is 0.889. The van der Waals surface area contributed by atoms with Crippen LogP contribution >= 0.6 is 11.6 Å². The molecule has 1 aromatic carbocycles. The normalized spacial score (nSPS) is 40.3. The van der Waals surface area contributed by atoms with Crippen molar-refractivity contribution in [1.82, 2.24) is 9.80 Å². The summed E-state index contributed by atoms with van der Waals surface area (Å²) in [7, 11) is 0. The standard InChI is InChI=1S/C20H27ClN2O/c1-3-9-19-11-22-13-20(10-4-2,18(19)24)14-23(12-19)17(22)15-7-5-6-8-16(15)21/h5-8,17H,3-4,9-14H2,1-2H3. The molecule has 4 heterocycles. The van der Waals surface area contributed by atoms with Gasteiger partial charge in [0.2, 0.25) is 0 Å². The summed E-state index contributed by atoms with van der Waals surface area (Å²) in [6.07, 6.45) is 4.42. The van der Waals surface area contributed by atoms with E-state index < -0.39 is 0 Å². The molecule has 0 aromatic heterocycles. The number of Topliss-reactive ketones (excluding diaryl/α,β-unsaturated/α-hetero) is 1. The number of ketones is 1. The van der Waals surface area contributed by atoms with Crippen LogP contribution in [0.3, 0.4) is 0 Å². The lowest BCUT2D eigenvalue weighted by atomic mass is 9.57. The zero-order valence-electron chi connectivity index (χ0n) is 14.7. The third kappa shape index (κ3) is 2.21. The molecule has 4 bridgehead atoms. The fraction of sp³-hybridized carbons (Fsp3) is 0.650. The zero-order chi connectivity index (χ0) is 16.9. The summed E-state index contributed by atoms with van der Waals surface area (Å²) >= 11 is 6.52. The van der Waals surface area contributed by atoms with Crippen LogP contribution in [0.15, 0.2) is 24.3 Å². The molecular formula is C20H27ClN2O. The van der Waals surface area contributed by atoms with Gasteiger partial charge in [0.05, 0.1) is 17.0 Å². The Hall–Kier alpha value is -0.900. The fourth-order valence-corrected chi connectivity index (χ4v) is 6.00. The maximum absolute atomic E-state index is 13.4. The predicted molar refractivity (Wildman–Crippen MR) is 97.0 cm³/mol. The second kappa shape index (κ2) is 5.82. The van der Waals surface area contributed by atoms with Gasteiger partial charge in [-0.25, -0.2) is 0 Å². The van der Waals surface area contributed by atoms with Crippen molar-refractivity contribution < 1.29 is 4.79 Å². The van der Waals surface area contributed by atoms with Crippen LogP contribution in [-0.4, -0.2) is 41.8 Å². The Labute approximate surface area is 150 Å². The molecule has 4 fully saturated rings. The molecule has 0 spiro atoms. The molecular weight excluding hydrogens is 320 g/mol. The summed E-state index contributed by atoms with van der Waals surface area (Å²) < 4.78 is 0. The topological polar surface area (TPSA) is 23.6 Å². The van der Waals surface area contributed by atoms with E-state index in [0.29, 0.717) is 5.78 Å². The van der Waals surface area contributed by atoms with Gasteiger partial charge in [-0.15, -0.1) is 0 Å². The van der Waals surface area contributed by atoms with Crippen molar-refractivity contribution in [2.24, 2.45) is 10.8 Å². The predicted octanol–water partition coefficient (Wildman–Crippen LogP) is 4.13. The van der Waals surface area contributed by atoms with Crippen LogP contribution in [0, 0.1) is 10.8 Å². The highest BCUT2D eigenvalue weighted by Crippen LogP contribution is 2.55. The first-order valence-electron chi connectivity index (χ1n) is 9.33. The Morgan fingerprint density at radius 1 is 1.00 bits per heavy atom. The number of halogens is 1. The highest BCUT2D eigenvalue weighted by molar-refractivity contribution is 6.31. The van der Waals surface area contributed by atoms with E-state index in [2.05, 4.69) is 35.8 Å². The first kappa shape index (κ1) is 16.6. The average Bonchev–Trinajstić information content (AvgIpc) is 2.53. The van der Waals surface area contributed by atoms with Crippen molar-refractivity contribution in [3.63, 3.8) is 0 Å². The van der Waals surface area contributed by atoms with Crippen molar-refractivity contribution in [2.75, 3.05) is 26.2 Å². The smallest absolute Gasteiger partial charge is 0.150 e. The number of benzene rings is 1. The molecule has 0 radical (unpaired) electrons. The summed E-state index contributed by atoms with van der Waals surface area (Å²) in [6.45, 7) is 8.01.